The number of hydrogen-bond acceptors (Lipinski definition) is 1. The van der Waals surface area contributed by atoms with E-state index in [0.717, 1.165) is 18.8 Å². The van der Waals surface area contributed by atoms with E-state index in [1.165, 1.54) is 6.42 Å². The second-order valence-corrected chi connectivity index (χ2v) is 3.37. The van der Waals surface area contributed by atoms with E-state index in [9.17, 15) is 4.79 Å². The molecule has 0 spiro atoms. The zero-order valence-corrected chi connectivity index (χ0v) is 7.26. The summed E-state index contributed by atoms with van der Waals surface area (Å²) < 4.78 is 0. The molecule has 1 rings (SSSR count). The van der Waals surface area contributed by atoms with Crippen LogP contribution in [0.25, 0.3) is 0 Å². The van der Waals surface area contributed by atoms with Gasteiger partial charge in [0, 0.05) is 13.0 Å². The van der Waals surface area contributed by atoms with E-state index >= 15 is 0 Å². The number of rotatable bonds is 1. The van der Waals surface area contributed by atoms with Crippen LogP contribution in [0.4, 0.5) is 0 Å². The first kappa shape index (κ1) is 8.57. The molecular formula is C9H16NO. The molecule has 0 heterocycles. The number of carbonyl (C=O) groups is 1. The molecule has 2 nitrogen and oxygen atoms in total. The zero-order valence-electron chi connectivity index (χ0n) is 7.26. The van der Waals surface area contributed by atoms with E-state index in [1.54, 1.807) is 7.05 Å². The average Bonchev–Trinajstić information content (AvgIpc) is 2.05. The second kappa shape index (κ2) is 3.74. The number of hydrogen-bond donors (Lipinski definition) is 1. The minimum atomic E-state index is 0.177. The molecular weight excluding hydrogens is 138 g/mol. The van der Waals surface area contributed by atoms with E-state index < -0.39 is 0 Å². The first-order chi connectivity index (χ1) is 5.24. The molecule has 0 saturated heterocycles. The molecule has 2 atom stereocenters. The first-order valence-corrected chi connectivity index (χ1v) is 4.29. The van der Waals surface area contributed by atoms with Gasteiger partial charge in [-0.25, -0.2) is 0 Å². The second-order valence-electron chi connectivity index (χ2n) is 3.37. The highest BCUT2D eigenvalue weighted by Crippen LogP contribution is 2.27. The monoisotopic (exact) mass is 154 g/mol. The van der Waals surface area contributed by atoms with Crippen molar-refractivity contribution in [2.24, 2.45) is 11.8 Å². The van der Waals surface area contributed by atoms with Crippen molar-refractivity contribution in [1.29, 1.82) is 0 Å². The van der Waals surface area contributed by atoms with Crippen molar-refractivity contribution in [3.05, 3.63) is 6.42 Å². The number of amides is 1. The topological polar surface area (TPSA) is 29.1 Å². The molecule has 2 unspecified atom stereocenters. The maximum atomic E-state index is 11.1. The fraction of sp³-hybridized carbons (Fsp3) is 0.778. The number of nitrogens with one attached hydrogen (secondary N) is 1. The van der Waals surface area contributed by atoms with Crippen LogP contribution in [0.3, 0.4) is 0 Å². The summed E-state index contributed by atoms with van der Waals surface area (Å²) in [6, 6.07) is 0. The summed E-state index contributed by atoms with van der Waals surface area (Å²) in [6.45, 7) is 2.23. The van der Waals surface area contributed by atoms with Gasteiger partial charge < -0.3 is 5.32 Å². The Balaban J connectivity index is 2.33. The highest BCUT2D eigenvalue weighted by Gasteiger charge is 2.23. The van der Waals surface area contributed by atoms with Gasteiger partial charge in [0.05, 0.1) is 0 Å². The van der Waals surface area contributed by atoms with Gasteiger partial charge in [0.15, 0.2) is 0 Å². The van der Waals surface area contributed by atoms with Crippen molar-refractivity contribution in [2.75, 3.05) is 7.05 Å². The van der Waals surface area contributed by atoms with Crippen molar-refractivity contribution in [3.8, 4) is 0 Å². The Labute approximate surface area is 68.4 Å². The molecule has 63 valence electrons. The van der Waals surface area contributed by atoms with Crippen molar-refractivity contribution < 1.29 is 4.79 Å². The molecule has 11 heavy (non-hydrogen) atoms. The molecule has 1 N–H and O–H groups in total. The quantitative estimate of drug-likeness (QED) is 0.607. The highest BCUT2D eigenvalue weighted by molar-refractivity contribution is 5.79. The van der Waals surface area contributed by atoms with Crippen LogP contribution >= 0.6 is 0 Å². The predicted octanol–water partition coefficient (Wildman–Crippen LogP) is 1.37. The van der Waals surface area contributed by atoms with Gasteiger partial charge in [-0.05, 0) is 31.6 Å². The van der Waals surface area contributed by atoms with Crippen LogP contribution < -0.4 is 5.32 Å². The van der Waals surface area contributed by atoms with E-state index in [-0.39, 0.29) is 11.8 Å². The van der Waals surface area contributed by atoms with E-state index in [4.69, 9.17) is 0 Å². The lowest BCUT2D eigenvalue weighted by Crippen LogP contribution is -2.30. The Morgan fingerprint density at radius 3 is 2.73 bits per heavy atom. The van der Waals surface area contributed by atoms with Crippen LogP contribution in [0.5, 0.6) is 0 Å². The summed E-state index contributed by atoms with van der Waals surface area (Å²) in [5.41, 5.74) is 0. The summed E-state index contributed by atoms with van der Waals surface area (Å²) in [5, 5.41) is 2.68. The Morgan fingerprint density at radius 2 is 2.27 bits per heavy atom. The molecule has 1 aliphatic carbocycles. The maximum Gasteiger partial charge on any atom is 0.223 e. The van der Waals surface area contributed by atoms with Crippen LogP contribution in [0.1, 0.15) is 26.2 Å². The lowest BCUT2D eigenvalue weighted by molar-refractivity contribution is -0.124. The normalized spacial score (nSPS) is 31.5. The van der Waals surface area contributed by atoms with E-state index in [2.05, 4.69) is 18.7 Å². The summed E-state index contributed by atoms with van der Waals surface area (Å²) >= 11 is 0. The van der Waals surface area contributed by atoms with Gasteiger partial charge in [-0.2, -0.15) is 0 Å². The van der Waals surface area contributed by atoms with Gasteiger partial charge >= 0.3 is 0 Å². The van der Waals surface area contributed by atoms with E-state index in [1.807, 2.05) is 0 Å². The van der Waals surface area contributed by atoms with Crippen molar-refractivity contribution in [1.82, 2.24) is 5.32 Å². The highest BCUT2D eigenvalue weighted by atomic mass is 16.1. The van der Waals surface area contributed by atoms with E-state index in [0.29, 0.717) is 0 Å². The minimum Gasteiger partial charge on any atom is -0.359 e. The summed E-state index contributed by atoms with van der Waals surface area (Å²) in [5.74, 6) is 1.13. The molecule has 1 fully saturated rings. The van der Waals surface area contributed by atoms with Gasteiger partial charge in [-0.15, -0.1) is 0 Å². The number of carbonyl (C=O) groups excluding carboxylic acids is 1. The Morgan fingerprint density at radius 1 is 1.55 bits per heavy atom. The maximum absolute atomic E-state index is 11.1. The van der Waals surface area contributed by atoms with Crippen molar-refractivity contribution >= 4 is 5.91 Å². The van der Waals surface area contributed by atoms with Gasteiger partial charge in [-0.1, -0.05) is 6.92 Å². The standard InChI is InChI=1S/C9H16NO/c1-7-3-5-8(6-4-7)9(11)10-2/h5,7-8H,3-4,6H2,1-2H3,(H,10,11). The smallest absolute Gasteiger partial charge is 0.223 e. The lowest BCUT2D eigenvalue weighted by Gasteiger charge is -2.24. The molecule has 0 aromatic carbocycles. The van der Waals surface area contributed by atoms with Crippen LogP contribution in [0, 0.1) is 18.3 Å². The minimum absolute atomic E-state index is 0.177. The fourth-order valence-corrected chi connectivity index (χ4v) is 1.52. The SMILES string of the molecule is CNC(=O)C1[CH]CC(C)CC1. The molecule has 0 aromatic heterocycles. The fourth-order valence-electron chi connectivity index (χ4n) is 1.52. The van der Waals surface area contributed by atoms with Gasteiger partial charge in [0.25, 0.3) is 0 Å². The molecule has 0 bridgehead atoms. The van der Waals surface area contributed by atoms with Gasteiger partial charge in [0.2, 0.25) is 5.91 Å². The summed E-state index contributed by atoms with van der Waals surface area (Å²) in [4.78, 5) is 11.1. The third kappa shape index (κ3) is 2.21. The van der Waals surface area contributed by atoms with Crippen LogP contribution in [0.15, 0.2) is 0 Å². The Kier molecular flexibility index (Phi) is 2.92. The lowest BCUT2D eigenvalue weighted by atomic mass is 9.83. The third-order valence-corrected chi connectivity index (χ3v) is 2.38. The summed E-state index contributed by atoms with van der Waals surface area (Å²) in [7, 11) is 1.70. The Bertz CT molecular complexity index is 136. The molecule has 1 saturated carbocycles. The van der Waals surface area contributed by atoms with Crippen LogP contribution in [-0.4, -0.2) is 13.0 Å². The van der Waals surface area contributed by atoms with Gasteiger partial charge in [0.1, 0.15) is 0 Å². The van der Waals surface area contributed by atoms with Crippen molar-refractivity contribution in [2.45, 2.75) is 26.2 Å². The van der Waals surface area contributed by atoms with Gasteiger partial charge in [-0.3, -0.25) is 4.79 Å². The average molecular weight is 154 g/mol. The Hall–Kier alpha value is -0.530. The van der Waals surface area contributed by atoms with Crippen LogP contribution in [0.2, 0.25) is 0 Å². The molecule has 1 amide bonds. The third-order valence-electron chi connectivity index (χ3n) is 2.38. The molecule has 2 heteroatoms. The van der Waals surface area contributed by atoms with Crippen molar-refractivity contribution in [3.63, 3.8) is 0 Å². The molecule has 1 radical (unpaired) electrons. The largest absolute Gasteiger partial charge is 0.359 e. The molecule has 1 aliphatic rings. The zero-order chi connectivity index (χ0) is 8.27. The molecule has 0 aliphatic heterocycles. The molecule has 0 aromatic rings. The summed E-state index contributed by atoms with van der Waals surface area (Å²) in [6.07, 6.45) is 5.46. The van der Waals surface area contributed by atoms with Crippen LogP contribution in [-0.2, 0) is 4.79 Å². The first-order valence-electron chi connectivity index (χ1n) is 4.29. The predicted molar refractivity (Wildman–Crippen MR) is 44.9 cm³/mol.